The Morgan fingerprint density at radius 3 is 2.50 bits per heavy atom. The van der Waals surface area contributed by atoms with E-state index in [-0.39, 0.29) is 12.1 Å². The number of hydrogen-bond donors (Lipinski definition) is 1. The van der Waals surface area contributed by atoms with Crippen molar-refractivity contribution in [1.29, 1.82) is 0 Å². The van der Waals surface area contributed by atoms with Crippen LogP contribution < -0.4 is 10.5 Å². The van der Waals surface area contributed by atoms with Crippen LogP contribution in [0.5, 0.6) is 0 Å². The van der Waals surface area contributed by atoms with Crippen molar-refractivity contribution >= 4 is 11.8 Å². The van der Waals surface area contributed by atoms with Gasteiger partial charge in [0.2, 0.25) is 0 Å². The average molecular weight is 299 g/mol. The number of carboxylic acid groups (broad SMARTS) is 1. The molecule has 6 nitrogen and oxygen atoms in total. The molecule has 0 bridgehead atoms. The lowest BCUT2D eigenvalue weighted by molar-refractivity contribution is -0.137. The lowest BCUT2D eigenvalue weighted by Crippen LogP contribution is -2.22. The molecule has 0 saturated carbocycles. The van der Waals surface area contributed by atoms with Gasteiger partial charge in [-0.2, -0.15) is 0 Å². The molecule has 1 N–H and O–H groups in total. The average Bonchev–Trinajstić information content (AvgIpc) is 3.04. The maximum absolute atomic E-state index is 11.6. The Labute approximate surface area is 127 Å². The van der Waals surface area contributed by atoms with Gasteiger partial charge in [0.25, 0.3) is 5.56 Å². The van der Waals surface area contributed by atoms with E-state index in [1.165, 1.54) is 23.5 Å². The van der Waals surface area contributed by atoms with Crippen molar-refractivity contribution in [1.82, 2.24) is 9.55 Å². The zero-order valence-electron chi connectivity index (χ0n) is 12.1. The summed E-state index contributed by atoms with van der Waals surface area (Å²) in [5, 5.41) is 8.83. The Balaban J connectivity index is 1.87. The monoisotopic (exact) mass is 299 g/mol. The van der Waals surface area contributed by atoms with Crippen molar-refractivity contribution in [3.05, 3.63) is 47.0 Å². The Hall–Kier alpha value is -2.63. The second-order valence-corrected chi connectivity index (χ2v) is 5.38. The van der Waals surface area contributed by atoms with E-state index in [9.17, 15) is 9.59 Å². The third kappa shape index (κ3) is 3.00. The number of carboxylic acids is 1. The predicted octanol–water partition coefficient (Wildman–Crippen LogP) is 1.60. The fraction of sp³-hybridized carbons (Fsp3) is 0.312. The molecule has 2 aromatic heterocycles. The normalized spacial score (nSPS) is 14.3. The van der Waals surface area contributed by atoms with Crippen molar-refractivity contribution in [3.8, 4) is 11.1 Å². The molecule has 114 valence electrons. The van der Waals surface area contributed by atoms with Crippen molar-refractivity contribution in [3.63, 3.8) is 0 Å². The van der Waals surface area contributed by atoms with Gasteiger partial charge in [-0.1, -0.05) is 0 Å². The van der Waals surface area contributed by atoms with Crippen molar-refractivity contribution in [2.45, 2.75) is 19.4 Å². The van der Waals surface area contributed by atoms with Gasteiger partial charge in [0, 0.05) is 37.1 Å². The van der Waals surface area contributed by atoms with Crippen LogP contribution in [0.2, 0.25) is 0 Å². The Bertz CT molecular complexity index is 731. The first-order chi connectivity index (χ1) is 10.6. The molecule has 3 heterocycles. The van der Waals surface area contributed by atoms with Gasteiger partial charge in [-0.15, -0.1) is 0 Å². The zero-order valence-corrected chi connectivity index (χ0v) is 12.1. The largest absolute Gasteiger partial charge is 0.480 e. The first-order valence-corrected chi connectivity index (χ1v) is 7.27. The number of carbonyl (C=O) groups is 1. The van der Waals surface area contributed by atoms with Crippen molar-refractivity contribution in [2.24, 2.45) is 0 Å². The van der Waals surface area contributed by atoms with E-state index < -0.39 is 5.97 Å². The molecular weight excluding hydrogens is 282 g/mol. The summed E-state index contributed by atoms with van der Waals surface area (Å²) in [6.07, 6.45) is 5.72. The number of pyridine rings is 2. The van der Waals surface area contributed by atoms with Gasteiger partial charge in [0.15, 0.2) is 0 Å². The Morgan fingerprint density at radius 2 is 1.86 bits per heavy atom. The SMILES string of the molecule is O=C(O)Cn1cc(-c2ccc(N3CCCC3)nc2)ccc1=O. The summed E-state index contributed by atoms with van der Waals surface area (Å²) < 4.78 is 1.19. The van der Waals surface area contributed by atoms with Gasteiger partial charge in [0.1, 0.15) is 12.4 Å². The molecule has 2 aromatic rings. The molecule has 1 aliphatic heterocycles. The molecule has 1 aliphatic rings. The van der Waals surface area contributed by atoms with Crippen molar-refractivity contribution in [2.75, 3.05) is 18.0 Å². The molecule has 1 saturated heterocycles. The third-order valence-corrected chi connectivity index (χ3v) is 3.80. The van der Waals surface area contributed by atoms with Crippen LogP contribution in [0.25, 0.3) is 11.1 Å². The van der Waals surface area contributed by atoms with Crippen molar-refractivity contribution < 1.29 is 9.90 Å². The van der Waals surface area contributed by atoms with E-state index in [0.717, 1.165) is 30.0 Å². The van der Waals surface area contributed by atoms with E-state index in [0.29, 0.717) is 0 Å². The van der Waals surface area contributed by atoms with Crippen LogP contribution in [0.3, 0.4) is 0 Å². The van der Waals surface area contributed by atoms with Gasteiger partial charge in [-0.05, 0) is 36.6 Å². The fourth-order valence-electron chi connectivity index (χ4n) is 2.66. The minimum Gasteiger partial charge on any atom is -0.480 e. The Kier molecular flexibility index (Phi) is 3.91. The molecule has 1 fully saturated rings. The molecule has 0 unspecified atom stereocenters. The second-order valence-electron chi connectivity index (χ2n) is 5.38. The summed E-state index contributed by atoms with van der Waals surface area (Å²) in [5.41, 5.74) is 1.32. The lowest BCUT2D eigenvalue weighted by atomic mass is 10.1. The molecule has 0 atom stereocenters. The van der Waals surface area contributed by atoms with Gasteiger partial charge in [-0.25, -0.2) is 4.98 Å². The summed E-state index contributed by atoms with van der Waals surface area (Å²) in [6.45, 7) is 1.73. The van der Waals surface area contributed by atoms with Crippen LogP contribution in [0.15, 0.2) is 41.5 Å². The topological polar surface area (TPSA) is 75.4 Å². The van der Waals surface area contributed by atoms with Crippen LogP contribution in [0.4, 0.5) is 5.82 Å². The maximum atomic E-state index is 11.6. The first-order valence-electron chi connectivity index (χ1n) is 7.27. The van der Waals surface area contributed by atoms with E-state index in [2.05, 4.69) is 9.88 Å². The number of anilines is 1. The van der Waals surface area contributed by atoms with Crippen LogP contribution in [-0.2, 0) is 11.3 Å². The van der Waals surface area contributed by atoms with Gasteiger partial charge < -0.3 is 14.6 Å². The molecule has 0 spiro atoms. The summed E-state index contributed by atoms with van der Waals surface area (Å²) in [5.74, 6) is -0.0816. The minimum atomic E-state index is -1.04. The second kappa shape index (κ2) is 6.01. The number of nitrogens with zero attached hydrogens (tertiary/aromatic N) is 3. The van der Waals surface area contributed by atoms with E-state index in [1.807, 2.05) is 12.1 Å². The molecule has 0 amide bonds. The quantitative estimate of drug-likeness (QED) is 0.928. The van der Waals surface area contributed by atoms with E-state index >= 15 is 0 Å². The maximum Gasteiger partial charge on any atom is 0.323 e. The van der Waals surface area contributed by atoms with E-state index in [4.69, 9.17) is 5.11 Å². The molecule has 22 heavy (non-hydrogen) atoms. The number of aliphatic carboxylic acids is 1. The summed E-state index contributed by atoms with van der Waals surface area (Å²) >= 11 is 0. The molecule has 0 aliphatic carbocycles. The predicted molar refractivity (Wildman–Crippen MR) is 83.0 cm³/mol. The lowest BCUT2D eigenvalue weighted by Gasteiger charge is -2.16. The molecule has 3 rings (SSSR count). The van der Waals surface area contributed by atoms with Crippen LogP contribution in [0.1, 0.15) is 12.8 Å². The van der Waals surface area contributed by atoms with Gasteiger partial charge >= 0.3 is 5.97 Å². The number of aromatic nitrogens is 2. The molecule has 0 aromatic carbocycles. The molecule has 0 radical (unpaired) electrons. The highest BCUT2D eigenvalue weighted by Crippen LogP contribution is 2.22. The summed E-state index contributed by atoms with van der Waals surface area (Å²) in [7, 11) is 0. The number of hydrogen-bond acceptors (Lipinski definition) is 4. The Morgan fingerprint density at radius 1 is 1.14 bits per heavy atom. The fourth-order valence-corrected chi connectivity index (χ4v) is 2.66. The minimum absolute atomic E-state index is 0.326. The van der Waals surface area contributed by atoms with Crippen LogP contribution in [-0.4, -0.2) is 33.7 Å². The number of rotatable bonds is 4. The first kappa shape index (κ1) is 14.3. The summed E-state index contributed by atoms with van der Waals surface area (Å²) in [6, 6.07) is 6.98. The van der Waals surface area contributed by atoms with Gasteiger partial charge in [0.05, 0.1) is 0 Å². The molecular formula is C16H17N3O3. The zero-order chi connectivity index (χ0) is 15.5. The summed E-state index contributed by atoms with van der Waals surface area (Å²) in [4.78, 5) is 29.1. The van der Waals surface area contributed by atoms with Crippen LogP contribution in [0, 0.1) is 0 Å². The smallest absolute Gasteiger partial charge is 0.323 e. The highest BCUT2D eigenvalue weighted by atomic mass is 16.4. The standard InChI is InChI=1S/C16H17N3O3/c20-15-6-4-13(10-19(15)11-16(21)22)12-3-5-14(17-9-12)18-7-1-2-8-18/h3-6,9-10H,1-2,7-8,11H2,(H,21,22). The van der Waals surface area contributed by atoms with Gasteiger partial charge in [-0.3, -0.25) is 9.59 Å². The highest BCUT2D eigenvalue weighted by Gasteiger charge is 2.13. The third-order valence-electron chi connectivity index (χ3n) is 3.80. The van der Waals surface area contributed by atoms with E-state index in [1.54, 1.807) is 18.5 Å². The molecule has 6 heteroatoms. The highest BCUT2D eigenvalue weighted by molar-refractivity contribution is 5.67. The van der Waals surface area contributed by atoms with Crippen LogP contribution >= 0.6 is 0 Å².